The van der Waals surface area contributed by atoms with Crippen molar-refractivity contribution in [2.24, 2.45) is 0 Å². The molecule has 8 heteroatoms. The Morgan fingerprint density at radius 3 is 2.71 bits per heavy atom. The van der Waals surface area contributed by atoms with E-state index in [0.29, 0.717) is 6.42 Å². The van der Waals surface area contributed by atoms with Gasteiger partial charge in [-0.25, -0.2) is 0 Å². The molecule has 2 aromatic rings. The van der Waals surface area contributed by atoms with Crippen molar-refractivity contribution in [3.63, 3.8) is 0 Å². The maximum absolute atomic E-state index is 13.0. The first kappa shape index (κ1) is 16.5. The van der Waals surface area contributed by atoms with Crippen LogP contribution in [-0.2, 0) is 17.4 Å². The van der Waals surface area contributed by atoms with Gasteiger partial charge in [0.15, 0.2) is 0 Å². The zero-order valence-electron chi connectivity index (χ0n) is 12.6. The number of aliphatic hydroxyl groups is 1. The van der Waals surface area contributed by atoms with Crippen LogP contribution in [0.4, 0.5) is 13.2 Å². The first-order chi connectivity index (χ1) is 11.4. The predicted octanol–water partition coefficient (Wildman–Crippen LogP) is 1.94. The molecule has 0 radical (unpaired) electrons. The Morgan fingerprint density at radius 1 is 1.33 bits per heavy atom. The van der Waals surface area contributed by atoms with Crippen molar-refractivity contribution in [2.75, 3.05) is 0 Å². The maximum Gasteiger partial charge on any atom is 0.416 e. The number of alkyl halides is 3. The molecule has 1 aromatic heterocycles. The Morgan fingerprint density at radius 2 is 2.08 bits per heavy atom. The summed E-state index contributed by atoms with van der Waals surface area (Å²) in [6.45, 7) is 0. The van der Waals surface area contributed by atoms with E-state index >= 15 is 0 Å². The highest BCUT2D eigenvalue weighted by Crippen LogP contribution is 2.33. The number of carbonyl (C=O) groups excluding carboxylic acids is 1. The highest BCUT2D eigenvalue weighted by molar-refractivity contribution is 5.79. The molecule has 1 aliphatic carbocycles. The molecule has 0 unspecified atom stereocenters. The van der Waals surface area contributed by atoms with E-state index in [1.54, 1.807) is 23.1 Å². The van der Waals surface area contributed by atoms with Gasteiger partial charge in [-0.2, -0.15) is 18.3 Å². The number of benzene rings is 1. The quantitative estimate of drug-likeness (QED) is 0.895. The second kappa shape index (κ2) is 6.27. The van der Waals surface area contributed by atoms with Gasteiger partial charge in [-0.1, -0.05) is 18.2 Å². The maximum atomic E-state index is 13.0. The summed E-state index contributed by atoms with van der Waals surface area (Å²) in [5.74, 6) is -0.513. The average molecular weight is 339 g/mol. The van der Waals surface area contributed by atoms with Crippen LogP contribution in [0.2, 0.25) is 0 Å². The molecule has 128 valence electrons. The third-order valence-corrected chi connectivity index (χ3v) is 4.15. The normalized spacial score (nSPS) is 23.6. The Labute approximate surface area is 136 Å². The van der Waals surface area contributed by atoms with Gasteiger partial charge in [-0.15, -0.1) is 0 Å². The number of nitrogens with one attached hydrogen (secondary N) is 1. The van der Waals surface area contributed by atoms with Crippen molar-refractivity contribution in [1.29, 1.82) is 0 Å². The zero-order chi connectivity index (χ0) is 17.3. The summed E-state index contributed by atoms with van der Waals surface area (Å²) in [6.07, 6.45) is -1.93. The first-order valence-electron chi connectivity index (χ1n) is 7.48. The van der Waals surface area contributed by atoms with Gasteiger partial charge in [0, 0.05) is 12.4 Å². The smallest absolute Gasteiger partial charge is 0.391 e. The molecule has 1 fully saturated rings. The van der Waals surface area contributed by atoms with E-state index in [0.717, 1.165) is 6.07 Å². The van der Waals surface area contributed by atoms with E-state index in [1.165, 1.54) is 18.2 Å². The predicted molar refractivity (Wildman–Crippen MR) is 79.0 cm³/mol. The van der Waals surface area contributed by atoms with Crippen LogP contribution in [0.15, 0.2) is 42.7 Å². The Balaban J connectivity index is 1.67. The van der Waals surface area contributed by atoms with Crippen LogP contribution in [0.5, 0.6) is 0 Å². The van der Waals surface area contributed by atoms with Gasteiger partial charge in [-0.3, -0.25) is 9.48 Å². The summed E-state index contributed by atoms with van der Waals surface area (Å²) < 4.78 is 40.4. The Hall–Kier alpha value is -2.35. The molecule has 2 N–H and O–H groups in total. The van der Waals surface area contributed by atoms with Gasteiger partial charge in [0.05, 0.1) is 30.2 Å². The summed E-state index contributed by atoms with van der Waals surface area (Å²) in [4.78, 5) is 12.1. The number of rotatable bonds is 4. The molecule has 1 aromatic carbocycles. The molecule has 0 aliphatic heterocycles. The molecule has 1 saturated carbocycles. The second-order valence-corrected chi connectivity index (χ2v) is 5.79. The third-order valence-electron chi connectivity index (χ3n) is 4.15. The lowest BCUT2D eigenvalue weighted by atomic mass is 9.83. The topological polar surface area (TPSA) is 67.2 Å². The fourth-order valence-electron chi connectivity index (χ4n) is 2.96. The van der Waals surface area contributed by atoms with Crippen molar-refractivity contribution in [3.8, 4) is 0 Å². The van der Waals surface area contributed by atoms with E-state index in [1.807, 2.05) is 0 Å². The monoisotopic (exact) mass is 339 g/mol. The minimum Gasteiger partial charge on any atom is -0.391 e. The van der Waals surface area contributed by atoms with E-state index in [4.69, 9.17) is 0 Å². The first-order valence-corrected chi connectivity index (χ1v) is 7.48. The number of nitrogens with zero attached hydrogens (tertiary/aromatic N) is 2. The van der Waals surface area contributed by atoms with Crippen molar-refractivity contribution >= 4 is 5.91 Å². The van der Waals surface area contributed by atoms with Gasteiger partial charge >= 0.3 is 6.18 Å². The average Bonchev–Trinajstić information content (AvgIpc) is 2.99. The minimum atomic E-state index is -4.50. The lowest BCUT2D eigenvalue weighted by Gasteiger charge is -2.41. The molecule has 3 rings (SSSR count). The van der Waals surface area contributed by atoms with Crippen LogP contribution in [-0.4, -0.2) is 32.9 Å². The van der Waals surface area contributed by atoms with Crippen LogP contribution in [0.25, 0.3) is 0 Å². The summed E-state index contributed by atoms with van der Waals surface area (Å²) in [5, 5.41) is 16.6. The largest absolute Gasteiger partial charge is 0.416 e. The van der Waals surface area contributed by atoms with Crippen LogP contribution in [0.3, 0.4) is 0 Å². The lowest BCUT2D eigenvalue weighted by molar-refractivity contribution is -0.138. The molecule has 1 amide bonds. The number of amides is 1. The number of carbonyl (C=O) groups is 1. The number of halogens is 3. The molecule has 0 spiro atoms. The van der Waals surface area contributed by atoms with Crippen LogP contribution in [0.1, 0.15) is 23.6 Å². The van der Waals surface area contributed by atoms with Crippen molar-refractivity contribution in [1.82, 2.24) is 15.1 Å². The standard InChI is InChI=1S/C16H16F3N3O2/c17-16(18,19)11-5-2-1-4-10(11)8-14(24)21-12-9-13(23)15(12)22-7-3-6-20-22/h1-7,12-13,15,23H,8-9H2,(H,21,24)/t12-,13+,15+/m0/s1. The molecule has 0 bridgehead atoms. The second-order valence-electron chi connectivity index (χ2n) is 5.79. The summed E-state index contributed by atoms with van der Waals surface area (Å²) in [6, 6.07) is 5.96. The van der Waals surface area contributed by atoms with Gasteiger partial charge in [0.1, 0.15) is 0 Å². The van der Waals surface area contributed by atoms with E-state index in [-0.39, 0.29) is 18.0 Å². The van der Waals surface area contributed by atoms with Crippen molar-refractivity contribution < 1.29 is 23.1 Å². The van der Waals surface area contributed by atoms with Gasteiger partial charge in [-0.05, 0) is 24.1 Å². The Kier molecular flexibility index (Phi) is 4.31. The summed E-state index contributed by atoms with van der Waals surface area (Å²) in [7, 11) is 0. The van der Waals surface area contributed by atoms with Gasteiger partial charge in [0.25, 0.3) is 0 Å². The number of hydrogen-bond acceptors (Lipinski definition) is 3. The minimum absolute atomic E-state index is 0.0713. The molecule has 0 saturated heterocycles. The number of aliphatic hydroxyl groups excluding tert-OH is 1. The third kappa shape index (κ3) is 3.28. The van der Waals surface area contributed by atoms with Crippen LogP contribution < -0.4 is 5.32 Å². The molecular formula is C16H16F3N3O2. The van der Waals surface area contributed by atoms with Crippen molar-refractivity contribution in [3.05, 3.63) is 53.9 Å². The molecule has 3 atom stereocenters. The van der Waals surface area contributed by atoms with E-state index < -0.39 is 29.8 Å². The van der Waals surface area contributed by atoms with E-state index in [2.05, 4.69) is 10.4 Å². The zero-order valence-corrected chi connectivity index (χ0v) is 12.6. The molecule has 1 aliphatic rings. The van der Waals surface area contributed by atoms with Crippen LogP contribution in [0, 0.1) is 0 Å². The number of aromatic nitrogens is 2. The van der Waals surface area contributed by atoms with E-state index in [9.17, 15) is 23.1 Å². The Bertz CT molecular complexity index is 716. The molecular weight excluding hydrogens is 323 g/mol. The lowest BCUT2D eigenvalue weighted by Crippen LogP contribution is -2.56. The molecule has 24 heavy (non-hydrogen) atoms. The summed E-state index contributed by atoms with van der Waals surface area (Å²) in [5.41, 5.74) is -0.879. The fraction of sp³-hybridized carbons (Fsp3) is 0.375. The number of hydrogen-bond donors (Lipinski definition) is 2. The van der Waals surface area contributed by atoms with Crippen LogP contribution >= 0.6 is 0 Å². The highest BCUT2D eigenvalue weighted by Gasteiger charge is 2.42. The fourth-order valence-corrected chi connectivity index (χ4v) is 2.96. The van der Waals surface area contributed by atoms with Crippen molar-refractivity contribution in [2.45, 2.75) is 37.2 Å². The SMILES string of the molecule is O=C(Cc1ccccc1C(F)(F)F)N[C@H]1C[C@@H](O)[C@@H]1n1cccn1. The summed E-state index contributed by atoms with van der Waals surface area (Å²) >= 11 is 0. The molecule has 5 nitrogen and oxygen atoms in total. The van der Waals surface area contributed by atoms with Gasteiger partial charge in [0.2, 0.25) is 5.91 Å². The van der Waals surface area contributed by atoms with Gasteiger partial charge < -0.3 is 10.4 Å². The molecule has 1 heterocycles. The highest BCUT2D eigenvalue weighted by atomic mass is 19.4.